The minimum Gasteiger partial charge on any atom is -0.353 e. The second kappa shape index (κ2) is 9.22. The van der Waals surface area contributed by atoms with E-state index in [2.05, 4.69) is 26.6 Å². The predicted molar refractivity (Wildman–Crippen MR) is 120 cm³/mol. The first kappa shape index (κ1) is 22.8. The first-order valence-electron chi connectivity index (χ1n) is 9.84. The molecular formula is C20H18Cl2N6O5. The van der Waals surface area contributed by atoms with Crippen molar-refractivity contribution >= 4 is 58.0 Å². The fraction of sp³-hybridized carbons (Fsp3) is 0.250. The zero-order valence-corrected chi connectivity index (χ0v) is 18.3. The molecular weight excluding hydrogens is 475 g/mol. The lowest BCUT2D eigenvalue weighted by molar-refractivity contribution is -0.383. The van der Waals surface area contributed by atoms with Crippen LogP contribution >= 0.6 is 23.2 Å². The smallest absolute Gasteiger partial charge is 0.292 e. The van der Waals surface area contributed by atoms with E-state index in [4.69, 9.17) is 23.2 Å². The number of halogens is 2. The molecule has 172 valence electrons. The van der Waals surface area contributed by atoms with Gasteiger partial charge in [-0.1, -0.05) is 35.3 Å². The van der Waals surface area contributed by atoms with E-state index >= 15 is 0 Å². The molecule has 0 bridgehead atoms. The topological polar surface area (TPSA) is 154 Å². The van der Waals surface area contributed by atoms with E-state index in [9.17, 15) is 24.5 Å². The highest BCUT2D eigenvalue weighted by Crippen LogP contribution is 2.30. The van der Waals surface area contributed by atoms with Gasteiger partial charge in [-0.2, -0.15) is 0 Å². The summed E-state index contributed by atoms with van der Waals surface area (Å²) in [5.74, 6) is -3.57. The van der Waals surface area contributed by atoms with Crippen LogP contribution in [-0.4, -0.2) is 35.1 Å². The average Bonchev–Trinajstić information content (AvgIpc) is 2.72. The number of para-hydroxylation sites is 2. The number of piperidine rings is 1. The van der Waals surface area contributed by atoms with Gasteiger partial charge < -0.3 is 21.3 Å². The summed E-state index contributed by atoms with van der Waals surface area (Å²) in [6.07, 6.45) is -1.88. The van der Waals surface area contributed by atoms with Crippen LogP contribution in [0.2, 0.25) is 10.0 Å². The van der Waals surface area contributed by atoms with Crippen molar-refractivity contribution in [2.75, 3.05) is 10.6 Å². The van der Waals surface area contributed by atoms with Gasteiger partial charge in [-0.25, -0.2) is 0 Å². The molecule has 4 unspecified atom stereocenters. The molecule has 13 heteroatoms. The molecule has 0 aromatic heterocycles. The van der Waals surface area contributed by atoms with E-state index in [1.165, 1.54) is 24.3 Å². The number of hydrogen-bond acceptors (Lipinski definition) is 7. The molecule has 2 heterocycles. The Bertz CT molecular complexity index is 1130. The molecule has 2 aromatic carbocycles. The Morgan fingerprint density at radius 3 is 2.48 bits per heavy atom. The highest BCUT2D eigenvalue weighted by Gasteiger charge is 2.48. The lowest BCUT2D eigenvalue weighted by atomic mass is 9.81. The van der Waals surface area contributed by atoms with Gasteiger partial charge in [0.05, 0.1) is 22.9 Å². The predicted octanol–water partition coefficient (Wildman–Crippen LogP) is 2.03. The normalized spacial score (nSPS) is 24.2. The van der Waals surface area contributed by atoms with Gasteiger partial charge in [-0.05, 0) is 24.3 Å². The number of nitrogens with zero attached hydrogens (tertiary/aromatic N) is 1. The highest BCUT2D eigenvalue weighted by atomic mass is 35.5. The second-order valence-corrected chi connectivity index (χ2v) is 8.43. The zero-order chi connectivity index (χ0) is 23.7. The van der Waals surface area contributed by atoms with Gasteiger partial charge in [-0.3, -0.25) is 29.8 Å². The maximum absolute atomic E-state index is 13.0. The number of carbonyl (C=O) groups excluding carboxylic acids is 3. The molecule has 4 atom stereocenters. The molecule has 3 amide bonds. The average molecular weight is 493 g/mol. The summed E-state index contributed by atoms with van der Waals surface area (Å²) in [5, 5.41) is 25.9. The molecule has 2 aliphatic heterocycles. The minimum absolute atomic E-state index is 0.0170. The lowest BCUT2D eigenvalue weighted by Crippen LogP contribution is -2.72. The number of nitro benzene ring substituents is 1. The number of nitro groups is 1. The van der Waals surface area contributed by atoms with Gasteiger partial charge in [0.1, 0.15) is 5.69 Å². The van der Waals surface area contributed by atoms with Gasteiger partial charge in [0.2, 0.25) is 17.7 Å². The lowest BCUT2D eigenvalue weighted by Gasteiger charge is -2.43. The standard InChI is InChI=1S/C20H18Cl2N6O5/c21-9-5-10(22)7-11(6-9)23-20-26-17-16(19(31)27-20)12(8-15(29)25-17)18(30)24-13-3-1-2-4-14(13)28(32)33/h1-7,12,16-17,20,23,26H,8H2,(H,24,30)(H,25,29)(H,27,31). The van der Waals surface area contributed by atoms with Gasteiger partial charge in [0.25, 0.3) is 5.69 Å². The van der Waals surface area contributed by atoms with Crippen LogP contribution in [0.25, 0.3) is 0 Å². The number of amides is 3. The van der Waals surface area contributed by atoms with Crippen molar-refractivity contribution in [1.82, 2.24) is 16.0 Å². The van der Waals surface area contributed by atoms with E-state index in [0.717, 1.165) is 0 Å². The number of carbonyl (C=O) groups is 3. The van der Waals surface area contributed by atoms with Crippen molar-refractivity contribution in [3.8, 4) is 0 Å². The van der Waals surface area contributed by atoms with Crippen molar-refractivity contribution < 1.29 is 19.3 Å². The molecule has 0 radical (unpaired) electrons. The van der Waals surface area contributed by atoms with Gasteiger partial charge in [0, 0.05) is 28.2 Å². The Kier molecular flexibility index (Phi) is 6.36. The van der Waals surface area contributed by atoms with Crippen LogP contribution in [0.3, 0.4) is 0 Å². The molecule has 2 fully saturated rings. The first-order valence-corrected chi connectivity index (χ1v) is 10.6. The van der Waals surface area contributed by atoms with E-state index in [1.807, 2.05) is 0 Å². The van der Waals surface area contributed by atoms with Crippen molar-refractivity contribution in [1.29, 1.82) is 0 Å². The Morgan fingerprint density at radius 2 is 1.79 bits per heavy atom. The van der Waals surface area contributed by atoms with Crippen LogP contribution in [-0.2, 0) is 14.4 Å². The number of benzene rings is 2. The first-order chi connectivity index (χ1) is 15.7. The second-order valence-electron chi connectivity index (χ2n) is 7.56. The summed E-state index contributed by atoms with van der Waals surface area (Å²) in [7, 11) is 0. The van der Waals surface area contributed by atoms with Crippen molar-refractivity contribution in [2.45, 2.75) is 18.9 Å². The molecule has 0 saturated carbocycles. The van der Waals surface area contributed by atoms with Crippen LogP contribution in [0.5, 0.6) is 0 Å². The number of nitrogens with one attached hydrogen (secondary N) is 5. The summed E-state index contributed by atoms with van der Waals surface area (Å²) < 4.78 is 0. The third-order valence-corrected chi connectivity index (χ3v) is 5.76. The molecule has 33 heavy (non-hydrogen) atoms. The molecule has 2 aliphatic rings. The number of fused-ring (bicyclic) bond motifs is 1. The zero-order valence-electron chi connectivity index (χ0n) is 16.8. The van der Waals surface area contributed by atoms with Gasteiger partial charge >= 0.3 is 0 Å². The summed E-state index contributed by atoms with van der Waals surface area (Å²) in [5.41, 5.74) is 0.214. The molecule has 2 saturated heterocycles. The highest BCUT2D eigenvalue weighted by molar-refractivity contribution is 6.35. The summed E-state index contributed by atoms with van der Waals surface area (Å²) in [6, 6.07) is 10.4. The molecule has 4 rings (SSSR count). The minimum atomic E-state index is -1.04. The van der Waals surface area contributed by atoms with Crippen LogP contribution in [0.1, 0.15) is 6.42 Å². The van der Waals surface area contributed by atoms with E-state index in [-0.39, 0.29) is 17.8 Å². The Morgan fingerprint density at radius 1 is 1.09 bits per heavy atom. The fourth-order valence-corrected chi connectivity index (χ4v) is 4.45. The van der Waals surface area contributed by atoms with E-state index < -0.39 is 46.9 Å². The van der Waals surface area contributed by atoms with E-state index in [1.54, 1.807) is 18.2 Å². The number of hydrogen-bond donors (Lipinski definition) is 5. The largest absolute Gasteiger partial charge is 0.353 e. The molecule has 0 spiro atoms. The summed E-state index contributed by atoms with van der Waals surface area (Å²) in [6.45, 7) is 0. The van der Waals surface area contributed by atoms with Crippen molar-refractivity contribution in [3.63, 3.8) is 0 Å². The molecule has 11 nitrogen and oxygen atoms in total. The number of anilines is 2. The molecule has 2 aromatic rings. The van der Waals surface area contributed by atoms with Crippen LogP contribution < -0.4 is 26.6 Å². The van der Waals surface area contributed by atoms with E-state index in [0.29, 0.717) is 15.7 Å². The maximum atomic E-state index is 13.0. The van der Waals surface area contributed by atoms with Crippen LogP contribution in [0, 0.1) is 22.0 Å². The summed E-state index contributed by atoms with van der Waals surface area (Å²) >= 11 is 12.0. The summed E-state index contributed by atoms with van der Waals surface area (Å²) in [4.78, 5) is 48.8. The van der Waals surface area contributed by atoms with Gasteiger partial charge in [0.15, 0.2) is 6.29 Å². The third-order valence-electron chi connectivity index (χ3n) is 5.32. The van der Waals surface area contributed by atoms with Crippen molar-refractivity contribution in [3.05, 3.63) is 62.6 Å². The Labute approximate surface area is 197 Å². The quantitative estimate of drug-likeness (QED) is 0.315. The van der Waals surface area contributed by atoms with Crippen LogP contribution in [0.15, 0.2) is 42.5 Å². The Balaban J connectivity index is 1.51. The van der Waals surface area contributed by atoms with Crippen LogP contribution in [0.4, 0.5) is 17.1 Å². The SMILES string of the molecule is O=C1CC(C(=O)Nc2ccccc2[N+](=O)[O-])C2C(=O)NC(Nc3cc(Cl)cc(Cl)c3)NC2N1. The monoisotopic (exact) mass is 492 g/mol. The molecule has 5 N–H and O–H groups in total. The molecule has 0 aliphatic carbocycles. The maximum Gasteiger partial charge on any atom is 0.292 e. The van der Waals surface area contributed by atoms with Gasteiger partial charge in [-0.15, -0.1) is 0 Å². The van der Waals surface area contributed by atoms with Crippen molar-refractivity contribution in [2.24, 2.45) is 11.8 Å². The fourth-order valence-electron chi connectivity index (χ4n) is 3.92. The number of rotatable bonds is 5. The third kappa shape index (κ3) is 5.00. The Hall–Kier alpha value is -3.41.